The molecule has 0 spiro atoms. The minimum Gasteiger partial charge on any atom is -0.294 e. The van der Waals surface area contributed by atoms with E-state index >= 15 is 0 Å². The van der Waals surface area contributed by atoms with Crippen LogP contribution < -0.4 is 10.6 Å². The number of benzene rings is 1. The lowest BCUT2D eigenvalue weighted by molar-refractivity contribution is 1.01. The summed E-state index contributed by atoms with van der Waals surface area (Å²) < 4.78 is 2.10. The summed E-state index contributed by atoms with van der Waals surface area (Å²) >= 11 is 0. The van der Waals surface area contributed by atoms with Gasteiger partial charge < -0.3 is 0 Å². The van der Waals surface area contributed by atoms with Crippen LogP contribution in [0, 0.1) is 0 Å². The van der Waals surface area contributed by atoms with Crippen LogP contribution in [0.1, 0.15) is 6.92 Å². The van der Waals surface area contributed by atoms with Gasteiger partial charge in [0.05, 0.1) is 5.52 Å². The van der Waals surface area contributed by atoms with Gasteiger partial charge in [0.2, 0.25) is 0 Å². The predicted octanol–water partition coefficient (Wildman–Crippen LogP) is 2.79. The zero-order chi connectivity index (χ0) is 13.9. The first-order valence-corrected chi connectivity index (χ1v) is 6.65. The van der Waals surface area contributed by atoms with Gasteiger partial charge in [-0.3, -0.25) is 4.57 Å². The lowest BCUT2D eigenvalue weighted by Crippen LogP contribution is -2.26. The summed E-state index contributed by atoms with van der Waals surface area (Å²) in [7, 11) is 0. The van der Waals surface area contributed by atoms with Gasteiger partial charge in [0.25, 0.3) is 0 Å². The van der Waals surface area contributed by atoms with Crippen LogP contribution >= 0.6 is 0 Å². The summed E-state index contributed by atoms with van der Waals surface area (Å²) in [6, 6.07) is 14.2. The molecule has 3 aromatic rings. The van der Waals surface area contributed by atoms with Gasteiger partial charge >= 0.3 is 0 Å². The molecule has 0 amide bonds. The second-order valence-corrected chi connectivity index (χ2v) is 4.59. The smallest absolute Gasteiger partial charge is 0.137 e. The molecule has 0 aliphatic carbocycles. The molecule has 0 radical (unpaired) electrons. The van der Waals surface area contributed by atoms with Crippen molar-refractivity contribution in [2.45, 2.75) is 6.92 Å². The van der Waals surface area contributed by atoms with Gasteiger partial charge in [0.1, 0.15) is 5.82 Å². The highest BCUT2D eigenvalue weighted by atomic mass is 15.1. The van der Waals surface area contributed by atoms with Crippen LogP contribution in [0.4, 0.5) is 0 Å². The molecule has 2 heterocycles. The number of allylic oxidation sites excluding steroid dienone is 2. The highest BCUT2D eigenvalue weighted by molar-refractivity contribution is 5.83. The monoisotopic (exact) mass is 260 g/mol. The van der Waals surface area contributed by atoms with E-state index in [0.717, 1.165) is 21.9 Å². The van der Waals surface area contributed by atoms with Gasteiger partial charge in [-0.2, -0.15) is 0 Å². The van der Waals surface area contributed by atoms with Crippen molar-refractivity contribution in [3.63, 3.8) is 0 Å². The van der Waals surface area contributed by atoms with Crippen LogP contribution in [0.2, 0.25) is 0 Å². The molecular weight excluding hydrogens is 244 g/mol. The quantitative estimate of drug-likeness (QED) is 0.693. The van der Waals surface area contributed by atoms with Crippen molar-refractivity contribution in [1.29, 1.82) is 0 Å². The van der Waals surface area contributed by atoms with Crippen molar-refractivity contribution in [3.8, 4) is 5.82 Å². The van der Waals surface area contributed by atoms with Gasteiger partial charge in [-0.25, -0.2) is 4.98 Å². The Labute approximate surface area is 118 Å². The predicted molar refractivity (Wildman–Crippen MR) is 85.1 cm³/mol. The highest BCUT2D eigenvalue weighted by Gasteiger charge is 2.07. The third-order valence-corrected chi connectivity index (χ3v) is 3.35. The Morgan fingerprint density at radius 2 is 1.90 bits per heavy atom. The van der Waals surface area contributed by atoms with E-state index in [9.17, 15) is 0 Å². The van der Waals surface area contributed by atoms with Crippen molar-refractivity contribution >= 4 is 23.6 Å². The molecule has 98 valence electrons. The minimum atomic E-state index is 0.897. The van der Waals surface area contributed by atoms with Gasteiger partial charge in [-0.15, -0.1) is 0 Å². The SMILES string of the molecule is C=c1/c(=C\C=C/C)c2ccccc2n1-c1ccccn1. The summed E-state index contributed by atoms with van der Waals surface area (Å²) in [6.07, 6.45) is 7.97. The Hall–Kier alpha value is -2.61. The van der Waals surface area contributed by atoms with Crippen LogP contribution in [0.25, 0.3) is 29.4 Å². The van der Waals surface area contributed by atoms with E-state index in [1.54, 1.807) is 6.20 Å². The Bertz CT molecular complexity index is 871. The Morgan fingerprint density at radius 1 is 1.10 bits per heavy atom. The van der Waals surface area contributed by atoms with Crippen molar-refractivity contribution < 1.29 is 0 Å². The first kappa shape index (κ1) is 12.4. The van der Waals surface area contributed by atoms with E-state index in [2.05, 4.69) is 40.4 Å². The third kappa shape index (κ3) is 1.95. The number of fused-ring (bicyclic) bond motifs is 1. The average molecular weight is 260 g/mol. The van der Waals surface area contributed by atoms with Crippen LogP contribution in [0.3, 0.4) is 0 Å². The third-order valence-electron chi connectivity index (χ3n) is 3.35. The number of para-hydroxylation sites is 1. The molecule has 20 heavy (non-hydrogen) atoms. The fraction of sp³-hybridized carbons (Fsp3) is 0.0556. The van der Waals surface area contributed by atoms with Crippen molar-refractivity contribution in [1.82, 2.24) is 9.55 Å². The van der Waals surface area contributed by atoms with E-state index < -0.39 is 0 Å². The maximum absolute atomic E-state index is 4.44. The second-order valence-electron chi connectivity index (χ2n) is 4.59. The van der Waals surface area contributed by atoms with Crippen molar-refractivity contribution in [2.24, 2.45) is 0 Å². The molecule has 2 nitrogen and oxygen atoms in total. The first-order chi connectivity index (χ1) is 9.83. The zero-order valence-corrected chi connectivity index (χ0v) is 11.5. The molecule has 0 aliphatic rings. The molecule has 1 aromatic carbocycles. The highest BCUT2D eigenvalue weighted by Crippen LogP contribution is 2.12. The number of rotatable bonds is 2. The molecular formula is C18H16N2. The average Bonchev–Trinajstić information content (AvgIpc) is 2.78. The summed E-state index contributed by atoms with van der Waals surface area (Å²) in [4.78, 5) is 4.44. The Kier molecular flexibility index (Phi) is 3.21. The van der Waals surface area contributed by atoms with Crippen molar-refractivity contribution in [3.05, 3.63) is 71.4 Å². The molecule has 0 fully saturated rings. The van der Waals surface area contributed by atoms with Gasteiger partial charge in [-0.05, 0) is 25.1 Å². The van der Waals surface area contributed by atoms with E-state index in [0.29, 0.717) is 0 Å². The maximum atomic E-state index is 4.44. The summed E-state index contributed by atoms with van der Waals surface area (Å²) in [5.74, 6) is 0.897. The minimum absolute atomic E-state index is 0.897. The summed E-state index contributed by atoms with van der Waals surface area (Å²) in [5, 5.41) is 3.30. The fourth-order valence-corrected chi connectivity index (χ4v) is 2.44. The molecule has 0 saturated heterocycles. The molecule has 0 bridgehead atoms. The Balaban J connectivity index is 2.46. The maximum Gasteiger partial charge on any atom is 0.137 e. The van der Waals surface area contributed by atoms with E-state index in [4.69, 9.17) is 0 Å². The van der Waals surface area contributed by atoms with E-state index in [-0.39, 0.29) is 0 Å². The fourth-order valence-electron chi connectivity index (χ4n) is 2.44. The molecule has 0 aliphatic heterocycles. The molecule has 0 N–H and O–H groups in total. The summed E-state index contributed by atoms with van der Waals surface area (Å²) in [6.45, 7) is 6.26. The van der Waals surface area contributed by atoms with Gasteiger partial charge in [0.15, 0.2) is 0 Å². The van der Waals surface area contributed by atoms with E-state index in [1.807, 2.05) is 43.3 Å². The summed E-state index contributed by atoms with van der Waals surface area (Å²) in [5.41, 5.74) is 1.13. The number of nitrogens with zero attached hydrogens (tertiary/aromatic N) is 2. The second kappa shape index (κ2) is 5.17. The molecule has 2 heteroatoms. The molecule has 0 unspecified atom stereocenters. The van der Waals surface area contributed by atoms with Crippen LogP contribution in [-0.4, -0.2) is 9.55 Å². The zero-order valence-electron chi connectivity index (χ0n) is 11.5. The molecule has 3 rings (SSSR count). The number of hydrogen-bond acceptors (Lipinski definition) is 1. The van der Waals surface area contributed by atoms with Crippen LogP contribution in [-0.2, 0) is 0 Å². The Morgan fingerprint density at radius 3 is 2.65 bits per heavy atom. The molecule has 0 saturated carbocycles. The lowest BCUT2D eigenvalue weighted by atomic mass is 10.2. The molecule has 0 atom stereocenters. The van der Waals surface area contributed by atoms with Crippen LogP contribution in [0.15, 0.2) is 60.8 Å². The van der Waals surface area contributed by atoms with Gasteiger partial charge in [-0.1, -0.05) is 49.1 Å². The standard InChI is InChI=1S/C18H16N2/c1-3-4-9-15-14(2)20(18-12-7-8-13-19-18)17-11-6-5-10-16(15)17/h3-13H,2H2,1H3/b4-3-,15-9+. The largest absolute Gasteiger partial charge is 0.294 e. The van der Waals surface area contributed by atoms with E-state index in [1.165, 1.54) is 5.39 Å². The van der Waals surface area contributed by atoms with Crippen molar-refractivity contribution in [2.75, 3.05) is 0 Å². The number of hydrogen-bond donors (Lipinski definition) is 0. The normalized spacial score (nSPS) is 12.6. The van der Waals surface area contributed by atoms with Crippen LogP contribution in [0.5, 0.6) is 0 Å². The number of aromatic nitrogens is 2. The number of pyridine rings is 1. The molecule has 2 aromatic heterocycles. The van der Waals surface area contributed by atoms with Gasteiger partial charge in [0, 0.05) is 22.2 Å². The topological polar surface area (TPSA) is 17.8 Å². The lowest BCUT2D eigenvalue weighted by Gasteiger charge is -2.03. The first-order valence-electron chi connectivity index (χ1n) is 6.65.